The van der Waals surface area contributed by atoms with Gasteiger partial charge in [0.1, 0.15) is 11.9 Å². The quantitative estimate of drug-likeness (QED) is 0.814. The van der Waals surface area contributed by atoms with Crippen molar-refractivity contribution in [1.29, 1.82) is 0 Å². The Morgan fingerprint density at radius 1 is 1.29 bits per heavy atom. The molecule has 1 aromatic rings. The Morgan fingerprint density at radius 3 is 2.88 bits per heavy atom. The van der Waals surface area contributed by atoms with E-state index in [4.69, 9.17) is 9.15 Å². The fourth-order valence-corrected chi connectivity index (χ4v) is 3.74. The van der Waals surface area contributed by atoms with E-state index in [0.717, 1.165) is 30.4 Å². The SMILES string of the molecule is O=C(CN1CCOC(C(=O)N2CCSCC2)C1)NCc1ccco1. The standard InChI is InChI=1S/C16H23N3O4S/c20-15(17-10-13-2-1-6-22-13)12-18-3-7-23-14(11-18)16(21)19-4-8-24-9-5-19/h1-2,6,14H,3-5,7-12H2,(H,17,20). The second kappa shape index (κ2) is 8.55. The molecule has 0 radical (unpaired) electrons. The third-order valence-corrected chi connectivity index (χ3v) is 5.10. The minimum Gasteiger partial charge on any atom is -0.467 e. The molecule has 132 valence electrons. The first kappa shape index (κ1) is 17.3. The van der Waals surface area contributed by atoms with Crippen molar-refractivity contribution in [2.45, 2.75) is 12.6 Å². The summed E-state index contributed by atoms with van der Waals surface area (Å²) in [5.74, 6) is 2.67. The van der Waals surface area contributed by atoms with Gasteiger partial charge in [-0.1, -0.05) is 0 Å². The molecule has 7 nitrogen and oxygen atoms in total. The molecular formula is C16H23N3O4S. The van der Waals surface area contributed by atoms with Crippen molar-refractivity contribution in [2.24, 2.45) is 0 Å². The second-order valence-corrected chi connectivity index (χ2v) is 7.11. The Kier molecular flexibility index (Phi) is 6.17. The van der Waals surface area contributed by atoms with Crippen LogP contribution >= 0.6 is 11.8 Å². The molecule has 0 bridgehead atoms. The van der Waals surface area contributed by atoms with Crippen molar-refractivity contribution in [2.75, 3.05) is 50.8 Å². The number of hydrogen-bond donors (Lipinski definition) is 1. The van der Waals surface area contributed by atoms with E-state index in [0.29, 0.717) is 26.2 Å². The van der Waals surface area contributed by atoms with Gasteiger partial charge < -0.3 is 19.4 Å². The lowest BCUT2D eigenvalue weighted by atomic mass is 10.2. The topological polar surface area (TPSA) is 75.0 Å². The van der Waals surface area contributed by atoms with Crippen molar-refractivity contribution in [3.8, 4) is 0 Å². The number of hydrogen-bond acceptors (Lipinski definition) is 6. The Balaban J connectivity index is 1.44. The largest absolute Gasteiger partial charge is 0.467 e. The lowest BCUT2D eigenvalue weighted by Gasteiger charge is -2.35. The minimum absolute atomic E-state index is 0.0518. The van der Waals surface area contributed by atoms with E-state index >= 15 is 0 Å². The summed E-state index contributed by atoms with van der Waals surface area (Å²) in [4.78, 5) is 28.4. The number of nitrogens with zero attached hydrogens (tertiary/aromatic N) is 2. The van der Waals surface area contributed by atoms with Gasteiger partial charge in [-0.05, 0) is 12.1 Å². The average molecular weight is 353 g/mol. The van der Waals surface area contributed by atoms with Gasteiger partial charge in [0.15, 0.2) is 0 Å². The van der Waals surface area contributed by atoms with Gasteiger partial charge in [0.05, 0.1) is 26.0 Å². The van der Waals surface area contributed by atoms with Gasteiger partial charge in [-0.3, -0.25) is 14.5 Å². The van der Waals surface area contributed by atoms with Crippen molar-refractivity contribution < 1.29 is 18.7 Å². The van der Waals surface area contributed by atoms with E-state index in [1.165, 1.54) is 0 Å². The van der Waals surface area contributed by atoms with Crippen LogP contribution in [0.3, 0.4) is 0 Å². The Labute approximate surface area is 145 Å². The van der Waals surface area contributed by atoms with E-state index < -0.39 is 6.10 Å². The fraction of sp³-hybridized carbons (Fsp3) is 0.625. The van der Waals surface area contributed by atoms with E-state index in [2.05, 4.69) is 5.32 Å². The maximum atomic E-state index is 12.5. The predicted octanol–water partition coefficient (Wildman–Crippen LogP) is 0.172. The minimum atomic E-state index is -0.459. The zero-order valence-electron chi connectivity index (χ0n) is 13.6. The molecule has 2 amide bonds. The Bertz CT molecular complexity index is 546. The highest BCUT2D eigenvalue weighted by Crippen LogP contribution is 2.14. The summed E-state index contributed by atoms with van der Waals surface area (Å²) in [7, 11) is 0. The fourth-order valence-electron chi connectivity index (χ4n) is 2.84. The van der Waals surface area contributed by atoms with Gasteiger partial charge in [0.2, 0.25) is 5.91 Å². The first-order chi connectivity index (χ1) is 11.7. The van der Waals surface area contributed by atoms with Crippen LogP contribution < -0.4 is 5.32 Å². The first-order valence-corrected chi connectivity index (χ1v) is 9.37. The van der Waals surface area contributed by atoms with Crippen LogP contribution in [-0.4, -0.2) is 78.6 Å². The summed E-state index contributed by atoms with van der Waals surface area (Å²) in [6, 6.07) is 3.61. The molecule has 0 aliphatic carbocycles. The zero-order chi connectivity index (χ0) is 16.8. The van der Waals surface area contributed by atoms with E-state index in [1.54, 1.807) is 12.3 Å². The number of ether oxygens (including phenoxy) is 1. The highest BCUT2D eigenvalue weighted by molar-refractivity contribution is 7.99. The molecular weight excluding hydrogens is 330 g/mol. The van der Waals surface area contributed by atoms with E-state index in [-0.39, 0.29) is 18.4 Å². The van der Waals surface area contributed by atoms with Crippen LogP contribution in [0.4, 0.5) is 0 Å². The van der Waals surface area contributed by atoms with Crippen LogP contribution in [0.1, 0.15) is 5.76 Å². The highest BCUT2D eigenvalue weighted by Gasteiger charge is 2.31. The van der Waals surface area contributed by atoms with Crippen molar-refractivity contribution >= 4 is 23.6 Å². The normalized spacial score (nSPS) is 22.3. The Morgan fingerprint density at radius 2 is 2.12 bits per heavy atom. The molecule has 24 heavy (non-hydrogen) atoms. The van der Waals surface area contributed by atoms with E-state index in [9.17, 15) is 9.59 Å². The number of rotatable bonds is 5. The van der Waals surface area contributed by atoms with Gasteiger partial charge in [0, 0.05) is 37.7 Å². The lowest BCUT2D eigenvalue weighted by Crippen LogP contribution is -2.54. The molecule has 0 spiro atoms. The number of furan rings is 1. The maximum absolute atomic E-state index is 12.5. The van der Waals surface area contributed by atoms with Crippen LogP contribution in [0, 0.1) is 0 Å². The smallest absolute Gasteiger partial charge is 0.253 e. The second-order valence-electron chi connectivity index (χ2n) is 5.89. The third-order valence-electron chi connectivity index (χ3n) is 4.16. The van der Waals surface area contributed by atoms with Crippen molar-refractivity contribution in [3.05, 3.63) is 24.2 Å². The van der Waals surface area contributed by atoms with Crippen molar-refractivity contribution in [1.82, 2.24) is 15.1 Å². The van der Waals surface area contributed by atoms with Gasteiger partial charge in [-0.2, -0.15) is 11.8 Å². The molecule has 8 heteroatoms. The number of morpholine rings is 1. The molecule has 0 saturated carbocycles. The molecule has 0 aromatic carbocycles. The molecule has 1 aromatic heterocycles. The molecule has 2 saturated heterocycles. The van der Waals surface area contributed by atoms with Crippen LogP contribution in [0.2, 0.25) is 0 Å². The summed E-state index contributed by atoms with van der Waals surface area (Å²) in [6.07, 6.45) is 1.12. The third kappa shape index (κ3) is 4.75. The zero-order valence-corrected chi connectivity index (χ0v) is 14.4. The van der Waals surface area contributed by atoms with Gasteiger partial charge in [-0.25, -0.2) is 0 Å². The maximum Gasteiger partial charge on any atom is 0.253 e. The van der Waals surface area contributed by atoms with E-state index in [1.807, 2.05) is 27.6 Å². The molecule has 2 aliphatic rings. The average Bonchev–Trinajstić information content (AvgIpc) is 3.14. The summed E-state index contributed by atoms with van der Waals surface area (Å²) < 4.78 is 10.8. The van der Waals surface area contributed by atoms with Gasteiger partial charge in [0.25, 0.3) is 5.91 Å². The predicted molar refractivity (Wildman–Crippen MR) is 90.6 cm³/mol. The number of nitrogens with one attached hydrogen (secondary N) is 1. The summed E-state index contributed by atoms with van der Waals surface area (Å²) in [6.45, 7) is 3.82. The van der Waals surface area contributed by atoms with Gasteiger partial charge >= 0.3 is 0 Å². The van der Waals surface area contributed by atoms with Crippen LogP contribution in [0.15, 0.2) is 22.8 Å². The Hall–Kier alpha value is -1.51. The van der Waals surface area contributed by atoms with Crippen LogP contribution in [-0.2, 0) is 20.9 Å². The highest BCUT2D eigenvalue weighted by atomic mass is 32.2. The molecule has 2 aliphatic heterocycles. The van der Waals surface area contributed by atoms with Crippen LogP contribution in [0.25, 0.3) is 0 Å². The molecule has 1 N–H and O–H groups in total. The number of carbonyl (C=O) groups is 2. The summed E-state index contributed by atoms with van der Waals surface area (Å²) >= 11 is 1.87. The monoisotopic (exact) mass is 353 g/mol. The van der Waals surface area contributed by atoms with Gasteiger partial charge in [-0.15, -0.1) is 0 Å². The molecule has 1 atom stereocenters. The van der Waals surface area contributed by atoms with Crippen molar-refractivity contribution in [3.63, 3.8) is 0 Å². The molecule has 2 fully saturated rings. The molecule has 3 heterocycles. The lowest BCUT2D eigenvalue weighted by molar-refractivity contribution is -0.150. The molecule has 3 rings (SSSR count). The first-order valence-electron chi connectivity index (χ1n) is 8.22. The molecule has 1 unspecified atom stereocenters. The number of carbonyl (C=O) groups excluding carboxylic acids is 2. The van der Waals surface area contributed by atoms with Crippen LogP contribution in [0.5, 0.6) is 0 Å². The number of thioether (sulfide) groups is 1. The summed E-state index contributed by atoms with van der Waals surface area (Å²) in [5.41, 5.74) is 0. The summed E-state index contributed by atoms with van der Waals surface area (Å²) in [5, 5.41) is 2.83. The number of amides is 2.